The third-order valence-electron chi connectivity index (χ3n) is 2.57. The Labute approximate surface area is 109 Å². The Morgan fingerprint density at radius 2 is 1.94 bits per heavy atom. The number of aromatic carboxylic acids is 1. The minimum atomic E-state index is -1.15. The Morgan fingerprint density at radius 3 is 2.50 bits per heavy atom. The second-order valence-corrected chi connectivity index (χ2v) is 4.45. The molecule has 0 atom stereocenters. The summed E-state index contributed by atoms with van der Waals surface area (Å²) in [6.45, 7) is 1.86. The van der Waals surface area contributed by atoms with E-state index in [0.29, 0.717) is 16.1 Å². The van der Waals surface area contributed by atoms with Crippen molar-refractivity contribution in [2.24, 2.45) is 0 Å². The summed E-state index contributed by atoms with van der Waals surface area (Å²) in [6.07, 6.45) is 0. The summed E-state index contributed by atoms with van der Waals surface area (Å²) in [7, 11) is 0. The molecule has 1 N–H and O–H groups in total. The lowest BCUT2D eigenvalue weighted by Gasteiger charge is -2.06. The molecule has 0 fully saturated rings. The predicted molar refractivity (Wildman–Crippen MR) is 68.5 cm³/mol. The average Bonchev–Trinajstić information content (AvgIpc) is 2.27. The standard InChI is InChI=1S/C14H10ClFO2/c1-8-4-10(6-11(15)5-8)12-3-2-9(14(17)18)7-13(12)16/h2-7H,1H3,(H,17,18). The van der Waals surface area contributed by atoms with E-state index in [1.54, 1.807) is 18.2 Å². The minimum absolute atomic E-state index is 0.0741. The molecule has 18 heavy (non-hydrogen) atoms. The maximum atomic E-state index is 13.9. The zero-order valence-electron chi connectivity index (χ0n) is 9.58. The molecule has 2 aromatic carbocycles. The Balaban J connectivity index is 2.54. The van der Waals surface area contributed by atoms with E-state index in [4.69, 9.17) is 16.7 Å². The first-order chi connectivity index (χ1) is 8.47. The lowest BCUT2D eigenvalue weighted by Crippen LogP contribution is -1.97. The van der Waals surface area contributed by atoms with Crippen molar-refractivity contribution in [1.82, 2.24) is 0 Å². The molecular weight excluding hydrogens is 255 g/mol. The van der Waals surface area contributed by atoms with Crippen LogP contribution in [0.4, 0.5) is 4.39 Å². The van der Waals surface area contributed by atoms with Gasteiger partial charge >= 0.3 is 5.97 Å². The van der Waals surface area contributed by atoms with Crippen LogP contribution in [-0.2, 0) is 0 Å². The molecule has 4 heteroatoms. The van der Waals surface area contributed by atoms with Gasteiger partial charge < -0.3 is 5.11 Å². The van der Waals surface area contributed by atoms with E-state index in [0.717, 1.165) is 11.6 Å². The van der Waals surface area contributed by atoms with E-state index in [2.05, 4.69) is 0 Å². The van der Waals surface area contributed by atoms with Crippen molar-refractivity contribution in [3.8, 4) is 11.1 Å². The molecule has 0 saturated carbocycles. The molecule has 92 valence electrons. The minimum Gasteiger partial charge on any atom is -0.478 e. The maximum absolute atomic E-state index is 13.9. The van der Waals surface area contributed by atoms with E-state index in [1.165, 1.54) is 12.1 Å². The quantitative estimate of drug-likeness (QED) is 0.885. The predicted octanol–water partition coefficient (Wildman–Crippen LogP) is 4.15. The Hall–Kier alpha value is -1.87. The van der Waals surface area contributed by atoms with E-state index in [9.17, 15) is 9.18 Å². The van der Waals surface area contributed by atoms with Gasteiger partial charge in [0.05, 0.1) is 5.56 Å². The number of rotatable bonds is 2. The molecule has 2 aromatic rings. The number of hydrogen-bond acceptors (Lipinski definition) is 1. The summed E-state index contributed by atoms with van der Waals surface area (Å²) in [6, 6.07) is 9.04. The van der Waals surface area contributed by atoms with Crippen LogP contribution in [0.5, 0.6) is 0 Å². The number of carboxylic acids is 1. The number of halogens is 2. The largest absolute Gasteiger partial charge is 0.478 e. The Bertz CT molecular complexity index is 603. The fraction of sp³-hybridized carbons (Fsp3) is 0.0714. The van der Waals surface area contributed by atoms with Gasteiger partial charge in [-0.15, -0.1) is 0 Å². The maximum Gasteiger partial charge on any atom is 0.335 e. The van der Waals surface area contributed by atoms with Crippen LogP contribution in [0.1, 0.15) is 15.9 Å². The molecule has 0 aromatic heterocycles. The molecule has 0 aliphatic carbocycles. The van der Waals surface area contributed by atoms with Crippen LogP contribution < -0.4 is 0 Å². The van der Waals surface area contributed by atoms with Gasteiger partial charge in [-0.2, -0.15) is 0 Å². The molecule has 0 radical (unpaired) electrons. The average molecular weight is 265 g/mol. The van der Waals surface area contributed by atoms with Crippen molar-refractivity contribution in [2.75, 3.05) is 0 Å². The normalized spacial score (nSPS) is 10.4. The van der Waals surface area contributed by atoms with Crippen molar-refractivity contribution >= 4 is 17.6 Å². The van der Waals surface area contributed by atoms with Gasteiger partial charge in [-0.05, 0) is 42.3 Å². The number of benzene rings is 2. The van der Waals surface area contributed by atoms with Crippen LogP contribution >= 0.6 is 11.6 Å². The van der Waals surface area contributed by atoms with Crippen molar-refractivity contribution in [3.63, 3.8) is 0 Å². The first-order valence-electron chi connectivity index (χ1n) is 5.28. The summed E-state index contributed by atoms with van der Waals surface area (Å²) < 4.78 is 13.9. The highest BCUT2D eigenvalue weighted by Gasteiger charge is 2.10. The summed E-state index contributed by atoms with van der Waals surface area (Å²) in [4.78, 5) is 10.7. The molecule has 0 saturated heterocycles. The highest BCUT2D eigenvalue weighted by Crippen LogP contribution is 2.27. The molecule has 2 rings (SSSR count). The molecule has 0 amide bonds. The van der Waals surface area contributed by atoms with Crippen LogP contribution in [-0.4, -0.2) is 11.1 Å². The molecule has 0 heterocycles. The smallest absolute Gasteiger partial charge is 0.335 e. The van der Waals surface area contributed by atoms with Crippen LogP contribution in [0.25, 0.3) is 11.1 Å². The number of aryl methyl sites for hydroxylation is 1. The SMILES string of the molecule is Cc1cc(Cl)cc(-c2ccc(C(=O)O)cc2F)c1. The first-order valence-corrected chi connectivity index (χ1v) is 5.65. The molecule has 0 aliphatic heterocycles. The Morgan fingerprint density at radius 1 is 1.22 bits per heavy atom. The monoisotopic (exact) mass is 264 g/mol. The zero-order valence-corrected chi connectivity index (χ0v) is 10.3. The molecule has 2 nitrogen and oxygen atoms in total. The molecule has 0 bridgehead atoms. The van der Waals surface area contributed by atoms with Crippen LogP contribution in [0.15, 0.2) is 36.4 Å². The van der Waals surface area contributed by atoms with Gasteiger partial charge in [0, 0.05) is 10.6 Å². The molecule has 0 aliphatic rings. The van der Waals surface area contributed by atoms with Gasteiger partial charge in [0.1, 0.15) is 5.82 Å². The van der Waals surface area contributed by atoms with Gasteiger partial charge in [0.25, 0.3) is 0 Å². The van der Waals surface area contributed by atoms with Crippen LogP contribution in [0.3, 0.4) is 0 Å². The van der Waals surface area contributed by atoms with Gasteiger partial charge in [0.15, 0.2) is 0 Å². The lowest BCUT2D eigenvalue weighted by molar-refractivity contribution is 0.0696. The van der Waals surface area contributed by atoms with Gasteiger partial charge in [0.2, 0.25) is 0 Å². The van der Waals surface area contributed by atoms with E-state index in [-0.39, 0.29) is 5.56 Å². The van der Waals surface area contributed by atoms with Crippen LogP contribution in [0, 0.1) is 12.7 Å². The summed E-state index contributed by atoms with van der Waals surface area (Å²) in [5.41, 5.74) is 1.81. The fourth-order valence-corrected chi connectivity index (χ4v) is 2.06. The lowest BCUT2D eigenvalue weighted by atomic mass is 10.0. The van der Waals surface area contributed by atoms with Crippen molar-refractivity contribution in [2.45, 2.75) is 6.92 Å². The summed E-state index contributed by atoms with van der Waals surface area (Å²) in [5, 5.41) is 9.29. The number of hydrogen-bond donors (Lipinski definition) is 1. The van der Waals surface area contributed by atoms with Gasteiger partial charge in [-0.1, -0.05) is 23.7 Å². The highest BCUT2D eigenvalue weighted by molar-refractivity contribution is 6.31. The summed E-state index contributed by atoms with van der Waals surface area (Å²) >= 11 is 5.92. The second kappa shape index (κ2) is 4.78. The topological polar surface area (TPSA) is 37.3 Å². The van der Waals surface area contributed by atoms with Crippen molar-refractivity contribution in [1.29, 1.82) is 0 Å². The van der Waals surface area contributed by atoms with E-state index < -0.39 is 11.8 Å². The number of carbonyl (C=O) groups is 1. The molecule has 0 unspecified atom stereocenters. The second-order valence-electron chi connectivity index (χ2n) is 4.02. The molecule has 0 spiro atoms. The van der Waals surface area contributed by atoms with Crippen LogP contribution in [0.2, 0.25) is 5.02 Å². The van der Waals surface area contributed by atoms with Crippen molar-refractivity contribution in [3.05, 3.63) is 58.4 Å². The third-order valence-corrected chi connectivity index (χ3v) is 2.79. The first kappa shape index (κ1) is 12.6. The summed E-state index contributed by atoms with van der Waals surface area (Å²) in [5.74, 6) is -1.72. The highest BCUT2D eigenvalue weighted by atomic mass is 35.5. The van der Waals surface area contributed by atoms with Crippen molar-refractivity contribution < 1.29 is 14.3 Å². The van der Waals surface area contributed by atoms with E-state index in [1.807, 2.05) is 6.92 Å². The Kier molecular flexibility index (Phi) is 3.34. The zero-order chi connectivity index (χ0) is 13.3. The van der Waals surface area contributed by atoms with Gasteiger partial charge in [-0.25, -0.2) is 9.18 Å². The third kappa shape index (κ3) is 2.51. The van der Waals surface area contributed by atoms with Gasteiger partial charge in [-0.3, -0.25) is 0 Å². The fourth-order valence-electron chi connectivity index (χ4n) is 1.77. The van der Waals surface area contributed by atoms with E-state index >= 15 is 0 Å². The number of carboxylic acid groups (broad SMARTS) is 1. The molecular formula is C14H10ClFO2.